The highest BCUT2D eigenvalue weighted by atomic mass is 16.5. The maximum atomic E-state index is 13.0. The molecule has 2 unspecified atom stereocenters. The van der Waals surface area contributed by atoms with E-state index < -0.39 is 0 Å². The Labute approximate surface area is 175 Å². The van der Waals surface area contributed by atoms with E-state index in [0.717, 1.165) is 30.9 Å². The fraction of sp³-hybridized carbons (Fsp3) is 0.480. The van der Waals surface area contributed by atoms with E-state index in [4.69, 9.17) is 4.74 Å². The van der Waals surface area contributed by atoms with Gasteiger partial charge < -0.3 is 9.64 Å². The normalized spacial score (nSPS) is 22.3. The first-order valence-electron chi connectivity index (χ1n) is 10.7. The van der Waals surface area contributed by atoms with Crippen LogP contribution in [0.2, 0.25) is 0 Å². The van der Waals surface area contributed by atoms with Crippen LogP contribution < -0.4 is 4.74 Å². The molecule has 0 radical (unpaired) electrons. The van der Waals surface area contributed by atoms with E-state index in [9.17, 15) is 4.79 Å². The number of hydrogen-bond donors (Lipinski definition) is 0. The van der Waals surface area contributed by atoms with E-state index >= 15 is 0 Å². The molecule has 156 valence electrons. The van der Waals surface area contributed by atoms with E-state index in [1.54, 1.807) is 0 Å². The Morgan fingerprint density at radius 2 is 1.62 bits per heavy atom. The number of carbonyl (C=O) groups is 1. The lowest BCUT2D eigenvalue weighted by Gasteiger charge is -2.45. The summed E-state index contributed by atoms with van der Waals surface area (Å²) in [5.74, 6) is 1.92. The van der Waals surface area contributed by atoms with Crippen LogP contribution in [0.5, 0.6) is 5.75 Å². The number of hydrogen-bond acceptors (Lipinski definition) is 3. The van der Waals surface area contributed by atoms with Crippen molar-refractivity contribution in [2.75, 3.05) is 26.7 Å². The average molecular weight is 395 g/mol. The summed E-state index contributed by atoms with van der Waals surface area (Å²) in [7, 11) is 1.97. The van der Waals surface area contributed by atoms with Crippen molar-refractivity contribution in [1.82, 2.24) is 9.80 Å². The number of likely N-dealkylation sites (N-methyl/N-ethyl adjacent to an activating group) is 1. The van der Waals surface area contributed by atoms with Gasteiger partial charge in [-0.15, -0.1) is 0 Å². The van der Waals surface area contributed by atoms with Gasteiger partial charge in [0.2, 0.25) is 5.91 Å². The van der Waals surface area contributed by atoms with Crippen LogP contribution >= 0.6 is 0 Å². The summed E-state index contributed by atoms with van der Waals surface area (Å²) in [5, 5.41) is 0. The number of piperidine rings is 1. The number of benzene rings is 2. The van der Waals surface area contributed by atoms with Crippen molar-refractivity contribution in [3.63, 3.8) is 0 Å². The van der Waals surface area contributed by atoms with Crippen molar-refractivity contribution < 1.29 is 9.53 Å². The molecule has 0 N–H and O–H groups in total. The van der Waals surface area contributed by atoms with Crippen LogP contribution in [0.15, 0.2) is 54.6 Å². The molecule has 0 spiro atoms. The SMILES string of the molecule is CCOc1ccc(CC(=O)N(C)C2C(C)CN(Cc3ccccc3)CC2C)cc1. The Morgan fingerprint density at radius 1 is 1.00 bits per heavy atom. The van der Waals surface area contributed by atoms with Crippen molar-refractivity contribution >= 4 is 5.91 Å². The maximum Gasteiger partial charge on any atom is 0.227 e. The fourth-order valence-corrected chi connectivity index (χ4v) is 4.74. The van der Waals surface area contributed by atoms with Gasteiger partial charge in [-0.2, -0.15) is 0 Å². The highest BCUT2D eigenvalue weighted by Crippen LogP contribution is 2.28. The number of ether oxygens (including phenoxy) is 1. The van der Waals surface area contributed by atoms with Gasteiger partial charge in [-0.1, -0.05) is 56.3 Å². The van der Waals surface area contributed by atoms with Crippen LogP contribution in [0.25, 0.3) is 0 Å². The van der Waals surface area contributed by atoms with Crippen molar-refractivity contribution in [3.05, 3.63) is 65.7 Å². The van der Waals surface area contributed by atoms with E-state index in [0.29, 0.717) is 24.9 Å². The van der Waals surface area contributed by atoms with Crippen molar-refractivity contribution in [2.45, 2.75) is 39.8 Å². The van der Waals surface area contributed by atoms with Gasteiger partial charge in [-0.3, -0.25) is 9.69 Å². The molecule has 1 aliphatic rings. The van der Waals surface area contributed by atoms with Crippen LogP contribution in [0.4, 0.5) is 0 Å². The predicted molar refractivity (Wildman–Crippen MR) is 118 cm³/mol. The third-order valence-electron chi connectivity index (χ3n) is 5.94. The highest BCUT2D eigenvalue weighted by Gasteiger charge is 2.36. The van der Waals surface area contributed by atoms with Gasteiger partial charge >= 0.3 is 0 Å². The summed E-state index contributed by atoms with van der Waals surface area (Å²) >= 11 is 0. The van der Waals surface area contributed by atoms with Crippen molar-refractivity contribution in [2.24, 2.45) is 11.8 Å². The minimum absolute atomic E-state index is 0.189. The first-order valence-corrected chi connectivity index (χ1v) is 10.7. The summed E-state index contributed by atoms with van der Waals surface area (Å²) in [6.45, 7) is 10.2. The molecule has 2 aromatic carbocycles. The zero-order valence-electron chi connectivity index (χ0n) is 18.2. The molecule has 1 heterocycles. The molecular formula is C25H34N2O2. The van der Waals surface area contributed by atoms with Crippen molar-refractivity contribution in [1.29, 1.82) is 0 Å². The Kier molecular flexibility index (Phi) is 7.32. The smallest absolute Gasteiger partial charge is 0.227 e. The molecule has 3 rings (SSSR count). The third-order valence-corrected chi connectivity index (χ3v) is 5.94. The molecule has 2 aromatic rings. The zero-order chi connectivity index (χ0) is 20.8. The molecule has 4 heteroatoms. The minimum atomic E-state index is 0.189. The second-order valence-corrected chi connectivity index (χ2v) is 8.38. The monoisotopic (exact) mass is 394 g/mol. The summed E-state index contributed by atoms with van der Waals surface area (Å²) in [5.41, 5.74) is 2.39. The van der Waals surface area contributed by atoms with E-state index in [2.05, 4.69) is 49.1 Å². The molecule has 0 saturated carbocycles. The number of rotatable bonds is 7. The molecule has 1 aliphatic heterocycles. The molecule has 2 atom stereocenters. The van der Waals surface area contributed by atoms with E-state index in [1.165, 1.54) is 5.56 Å². The molecule has 1 fully saturated rings. The standard InChI is InChI=1S/C25H34N2O2/c1-5-29-23-13-11-21(12-14-23)15-24(28)26(4)25-19(2)16-27(17-20(25)3)18-22-9-7-6-8-10-22/h6-14,19-20,25H,5,15-18H2,1-4H3. The summed E-state index contributed by atoms with van der Waals surface area (Å²) in [4.78, 5) is 17.5. The quantitative estimate of drug-likeness (QED) is 0.704. The number of carbonyl (C=O) groups excluding carboxylic acids is 1. The molecular weight excluding hydrogens is 360 g/mol. The summed E-state index contributed by atoms with van der Waals surface area (Å²) in [6.07, 6.45) is 0.437. The van der Waals surface area contributed by atoms with Crippen LogP contribution in [-0.4, -0.2) is 48.5 Å². The van der Waals surface area contributed by atoms with Gasteiger partial charge in [0.25, 0.3) is 0 Å². The largest absolute Gasteiger partial charge is 0.494 e. The molecule has 1 saturated heterocycles. The Bertz CT molecular complexity index is 763. The minimum Gasteiger partial charge on any atom is -0.494 e. The maximum absolute atomic E-state index is 13.0. The molecule has 0 aliphatic carbocycles. The number of amides is 1. The van der Waals surface area contributed by atoms with Gasteiger partial charge in [0.05, 0.1) is 13.0 Å². The van der Waals surface area contributed by atoms with Crippen LogP contribution in [0, 0.1) is 11.8 Å². The van der Waals surface area contributed by atoms with Crippen LogP contribution in [0.3, 0.4) is 0 Å². The Hall–Kier alpha value is -2.33. The lowest BCUT2D eigenvalue weighted by molar-refractivity contribution is -0.135. The lowest BCUT2D eigenvalue weighted by Crippen LogP contribution is -2.55. The van der Waals surface area contributed by atoms with Crippen LogP contribution in [-0.2, 0) is 17.8 Å². The average Bonchev–Trinajstić information content (AvgIpc) is 2.70. The first-order chi connectivity index (χ1) is 14.0. The van der Waals surface area contributed by atoms with Crippen molar-refractivity contribution in [3.8, 4) is 5.75 Å². The molecule has 1 amide bonds. The Balaban J connectivity index is 1.58. The van der Waals surface area contributed by atoms with E-state index in [1.807, 2.05) is 43.1 Å². The fourth-order valence-electron chi connectivity index (χ4n) is 4.74. The van der Waals surface area contributed by atoms with Gasteiger partial charge in [0, 0.05) is 32.7 Å². The molecule has 4 nitrogen and oxygen atoms in total. The molecule has 0 aromatic heterocycles. The van der Waals surface area contributed by atoms with Gasteiger partial charge in [0.15, 0.2) is 0 Å². The van der Waals surface area contributed by atoms with Gasteiger partial charge in [-0.25, -0.2) is 0 Å². The number of nitrogens with zero attached hydrogens (tertiary/aromatic N) is 2. The third kappa shape index (κ3) is 5.60. The van der Waals surface area contributed by atoms with Gasteiger partial charge in [0.1, 0.15) is 5.75 Å². The summed E-state index contributed by atoms with van der Waals surface area (Å²) in [6, 6.07) is 18.8. The molecule has 29 heavy (non-hydrogen) atoms. The second kappa shape index (κ2) is 9.93. The highest BCUT2D eigenvalue weighted by molar-refractivity contribution is 5.79. The lowest BCUT2D eigenvalue weighted by atomic mass is 9.84. The first kappa shape index (κ1) is 21.4. The Morgan fingerprint density at radius 3 is 2.21 bits per heavy atom. The molecule has 0 bridgehead atoms. The van der Waals surface area contributed by atoms with Gasteiger partial charge in [-0.05, 0) is 42.0 Å². The predicted octanol–water partition coefficient (Wildman–Crippen LogP) is 4.24. The number of likely N-dealkylation sites (tertiary alicyclic amines) is 1. The zero-order valence-corrected chi connectivity index (χ0v) is 18.2. The topological polar surface area (TPSA) is 32.8 Å². The second-order valence-electron chi connectivity index (χ2n) is 8.38. The summed E-state index contributed by atoms with van der Waals surface area (Å²) < 4.78 is 5.49. The van der Waals surface area contributed by atoms with E-state index in [-0.39, 0.29) is 11.9 Å². The van der Waals surface area contributed by atoms with Crippen LogP contribution in [0.1, 0.15) is 31.9 Å².